The van der Waals surface area contributed by atoms with E-state index in [1.165, 1.54) is 57.8 Å². The lowest BCUT2D eigenvalue weighted by molar-refractivity contribution is -0.0248. The van der Waals surface area contributed by atoms with Crippen molar-refractivity contribution in [2.75, 3.05) is 7.05 Å². The molecule has 0 aromatic carbocycles. The molecule has 0 spiro atoms. The minimum atomic E-state index is 0.791. The van der Waals surface area contributed by atoms with Gasteiger partial charge in [-0.15, -0.1) is 0 Å². The fourth-order valence-electron chi connectivity index (χ4n) is 4.79. The zero-order chi connectivity index (χ0) is 12.5. The Morgan fingerprint density at radius 3 is 2.00 bits per heavy atom. The summed E-state index contributed by atoms with van der Waals surface area (Å²) in [5.74, 6) is 0.982. The summed E-state index contributed by atoms with van der Waals surface area (Å²) in [4.78, 5) is 2.98. The third kappa shape index (κ3) is 2.46. The third-order valence-corrected chi connectivity index (χ3v) is 5.85. The van der Waals surface area contributed by atoms with Crippen molar-refractivity contribution in [3.05, 3.63) is 0 Å². The fraction of sp³-hybridized carbons (Fsp3) is 1.00. The number of fused-ring (bicyclic) bond motifs is 2. The van der Waals surface area contributed by atoms with Gasteiger partial charge < -0.3 is 5.32 Å². The van der Waals surface area contributed by atoms with E-state index in [-0.39, 0.29) is 0 Å². The van der Waals surface area contributed by atoms with Crippen molar-refractivity contribution in [3.8, 4) is 0 Å². The van der Waals surface area contributed by atoms with Crippen molar-refractivity contribution in [3.63, 3.8) is 0 Å². The van der Waals surface area contributed by atoms with Crippen LogP contribution in [0.5, 0.6) is 0 Å². The molecule has 2 aliphatic heterocycles. The van der Waals surface area contributed by atoms with Gasteiger partial charge in [0.15, 0.2) is 0 Å². The molecule has 2 bridgehead atoms. The average molecular weight is 250 g/mol. The van der Waals surface area contributed by atoms with Crippen LogP contribution in [0.25, 0.3) is 0 Å². The summed E-state index contributed by atoms with van der Waals surface area (Å²) in [7, 11) is 2.15. The minimum absolute atomic E-state index is 0.791. The SMILES string of the molecule is CNC1CC2CCCC(C1)N2C1CCC(C)CC1. The zero-order valence-corrected chi connectivity index (χ0v) is 12.2. The Hall–Kier alpha value is -0.0800. The van der Waals surface area contributed by atoms with Crippen LogP contribution in [0.2, 0.25) is 0 Å². The van der Waals surface area contributed by atoms with Crippen molar-refractivity contribution in [1.82, 2.24) is 10.2 Å². The lowest BCUT2D eigenvalue weighted by Crippen LogP contribution is -2.59. The topological polar surface area (TPSA) is 15.3 Å². The minimum Gasteiger partial charge on any atom is -0.317 e. The van der Waals surface area contributed by atoms with Gasteiger partial charge in [-0.1, -0.05) is 13.3 Å². The Bertz CT molecular complexity index is 254. The lowest BCUT2D eigenvalue weighted by atomic mass is 9.77. The molecule has 2 saturated heterocycles. The van der Waals surface area contributed by atoms with Crippen LogP contribution in [-0.4, -0.2) is 36.1 Å². The smallest absolute Gasteiger partial charge is 0.0116 e. The van der Waals surface area contributed by atoms with Gasteiger partial charge in [0.2, 0.25) is 0 Å². The molecular weight excluding hydrogens is 220 g/mol. The quantitative estimate of drug-likeness (QED) is 0.810. The lowest BCUT2D eigenvalue weighted by Gasteiger charge is -2.53. The second-order valence-electron chi connectivity index (χ2n) is 7.06. The van der Waals surface area contributed by atoms with Gasteiger partial charge in [-0.3, -0.25) is 4.90 Å². The molecule has 1 aliphatic carbocycles. The van der Waals surface area contributed by atoms with Crippen LogP contribution in [0.4, 0.5) is 0 Å². The Morgan fingerprint density at radius 2 is 1.44 bits per heavy atom. The van der Waals surface area contributed by atoms with E-state index in [1.54, 1.807) is 0 Å². The molecule has 3 fully saturated rings. The molecule has 0 aromatic rings. The molecule has 1 N–H and O–H groups in total. The van der Waals surface area contributed by atoms with E-state index < -0.39 is 0 Å². The summed E-state index contributed by atoms with van der Waals surface area (Å²) in [5.41, 5.74) is 0. The molecule has 3 aliphatic rings. The normalized spacial score (nSPS) is 46.0. The van der Waals surface area contributed by atoms with E-state index in [4.69, 9.17) is 0 Å². The molecule has 0 radical (unpaired) electrons. The molecule has 2 atom stereocenters. The Labute approximate surface area is 113 Å². The third-order valence-electron chi connectivity index (χ3n) is 5.85. The first kappa shape index (κ1) is 12.9. The second kappa shape index (κ2) is 5.50. The highest BCUT2D eigenvalue weighted by Gasteiger charge is 2.41. The molecule has 0 amide bonds. The van der Waals surface area contributed by atoms with Gasteiger partial charge in [-0.25, -0.2) is 0 Å². The van der Waals surface area contributed by atoms with Gasteiger partial charge in [0.1, 0.15) is 0 Å². The first-order valence-electron chi connectivity index (χ1n) is 8.22. The predicted octanol–water partition coefficient (Wildman–Crippen LogP) is 3.17. The van der Waals surface area contributed by atoms with Crippen LogP contribution in [0.15, 0.2) is 0 Å². The highest BCUT2D eigenvalue weighted by Crippen LogP contribution is 2.39. The molecular formula is C16H30N2. The van der Waals surface area contributed by atoms with Crippen molar-refractivity contribution in [2.45, 2.75) is 88.9 Å². The molecule has 3 rings (SSSR count). The maximum Gasteiger partial charge on any atom is 0.0116 e. The van der Waals surface area contributed by atoms with E-state index in [2.05, 4.69) is 24.2 Å². The van der Waals surface area contributed by atoms with Crippen LogP contribution in [0.1, 0.15) is 64.7 Å². The molecule has 2 nitrogen and oxygen atoms in total. The molecule has 2 unspecified atom stereocenters. The van der Waals surface area contributed by atoms with E-state index >= 15 is 0 Å². The summed E-state index contributed by atoms with van der Waals surface area (Å²) in [6.45, 7) is 2.43. The second-order valence-corrected chi connectivity index (χ2v) is 7.06. The number of rotatable bonds is 2. The maximum atomic E-state index is 3.54. The summed E-state index contributed by atoms with van der Waals surface area (Å²) in [6, 6.07) is 3.51. The molecule has 2 heteroatoms. The largest absolute Gasteiger partial charge is 0.317 e. The van der Waals surface area contributed by atoms with Crippen LogP contribution in [0, 0.1) is 5.92 Å². The molecule has 2 heterocycles. The molecule has 1 saturated carbocycles. The van der Waals surface area contributed by atoms with Crippen LogP contribution in [-0.2, 0) is 0 Å². The van der Waals surface area contributed by atoms with E-state index in [0.717, 1.165) is 30.1 Å². The summed E-state index contributed by atoms with van der Waals surface area (Å²) >= 11 is 0. The summed E-state index contributed by atoms with van der Waals surface area (Å²) in [6.07, 6.45) is 13.1. The number of hydrogen-bond acceptors (Lipinski definition) is 2. The van der Waals surface area contributed by atoms with Crippen molar-refractivity contribution >= 4 is 0 Å². The highest BCUT2D eigenvalue weighted by molar-refractivity contribution is 4.98. The Morgan fingerprint density at radius 1 is 0.833 bits per heavy atom. The van der Waals surface area contributed by atoms with Crippen LogP contribution in [0.3, 0.4) is 0 Å². The number of hydrogen-bond donors (Lipinski definition) is 1. The van der Waals surface area contributed by atoms with Gasteiger partial charge in [0.25, 0.3) is 0 Å². The zero-order valence-electron chi connectivity index (χ0n) is 12.2. The van der Waals surface area contributed by atoms with Gasteiger partial charge in [0.05, 0.1) is 0 Å². The van der Waals surface area contributed by atoms with Crippen LogP contribution < -0.4 is 5.32 Å². The van der Waals surface area contributed by atoms with Gasteiger partial charge >= 0.3 is 0 Å². The van der Waals surface area contributed by atoms with Gasteiger partial charge in [0, 0.05) is 24.2 Å². The maximum absolute atomic E-state index is 3.54. The average Bonchev–Trinajstić information content (AvgIpc) is 2.38. The van der Waals surface area contributed by atoms with Gasteiger partial charge in [-0.05, 0) is 64.3 Å². The monoisotopic (exact) mass is 250 g/mol. The van der Waals surface area contributed by atoms with Crippen LogP contribution >= 0.6 is 0 Å². The van der Waals surface area contributed by atoms with Crippen molar-refractivity contribution < 1.29 is 0 Å². The molecule has 104 valence electrons. The van der Waals surface area contributed by atoms with E-state index in [1.807, 2.05) is 0 Å². The Balaban J connectivity index is 1.68. The highest BCUT2D eigenvalue weighted by atomic mass is 15.2. The first-order chi connectivity index (χ1) is 8.78. The summed E-state index contributed by atoms with van der Waals surface area (Å²) in [5, 5.41) is 3.54. The Kier molecular flexibility index (Phi) is 3.95. The van der Waals surface area contributed by atoms with Crippen molar-refractivity contribution in [1.29, 1.82) is 0 Å². The summed E-state index contributed by atoms with van der Waals surface area (Å²) < 4.78 is 0. The van der Waals surface area contributed by atoms with E-state index in [9.17, 15) is 0 Å². The molecule has 0 aromatic heterocycles. The van der Waals surface area contributed by atoms with E-state index in [0.29, 0.717) is 0 Å². The van der Waals surface area contributed by atoms with Gasteiger partial charge in [-0.2, -0.15) is 0 Å². The number of nitrogens with zero attached hydrogens (tertiary/aromatic N) is 1. The predicted molar refractivity (Wildman–Crippen MR) is 76.8 cm³/mol. The number of nitrogens with one attached hydrogen (secondary N) is 1. The van der Waals surface area contributed by atoms with Crippen molar-refractivity contribution in [2.24, 2.45) is 5.92 Å². The number of piperidine rings is 2. The molecule has 18 heavy (non-hydrogen) atoms. The first-order valence-corrected chi connectivity index (χ1v) is 8.22. The fourth-order valence-corrected chi connectivity index (χ4v) is 4.79. The standard InChI is InChI=1S/C16H30N2/c1-12-6-8-14(9-7-12)18-15-4-3-5-16(18)11-13(10-15)17-2/h12-17H,3-11H2,1-2H3.